The van der Waals surface area contributed by atoms with Crippen LogP contribution in [0.1, 0.15) is 36.6 Å². The number of aliphatic hydroxyl groups excluding tert-OH is 1. The second-order valence-corrected chi connectivity index (χ2v) is 5.04. The second-order valence-electron chi connectivity index (χ2n) is 5.04. The highest BCUT2D eigenvalue weighted by Crippen LogP contribution is 2.37. The summed E-state index contributed by atoms with van der Waals surface area (Å²) in [4.78, 5) is 2.26. The van der Waals surface area contributed by atoms with Gasteiger partial charge in [0.15, 0.2) is 0 Å². The Morgan fingerprint density at radius 2 is 1.94 bits per heavy atom. The zero-order valence-electron chi connectivity index (χ0n) is 11.7. The molecule has 0 saturated carbocycles. The van der Waals surface area contributed by atoms with E-state index in [4.69, 9.17) is 4.74 Å². The molecule has 3 nitrogen and oxygen atoms in total. The van der Waals surface area contributed by atoms with Crippen molar-refractivity contribution in [1.82, 2.24) is 4.90 Å². The number of fused-ring (bicyclic) bond motifs is 1. The lowest BCUT2D eigenvalue weighted by Gasteiger charge is -2.38. The molecular weight excluding hydrogens is 226 g/mol. The highest BCUT2D eigenvalue weighted by Gasteiger charge is 2.33. The Bertz CT molecular complexity index is 427. The molecule has 0 amide bonds. The van der Waals surface area contributed by atoms with Crippen molar-refractivity contribution in [2.75, 3.05) is 19.7 Å². The third-order valence-corrected chi connectivity index (χ3v) is 3.81. The SMILES string of the molecule is CCN(CC)C1COc2c(C)cc(C)cc2C1O. The molecule has 1 heterocycles. The van der Waals surface area contributed by atoms with Crippen molar-refractivity contribution >= 4 is 0 Å². The van der Waals surface area contributed by atoms with Crippen LogP contribution in [0.4, 0.5) is 0 Å². The second kappa shape index (κ2) is 5.29. The molecule has 100 valence electrons. The molecule has 0 saturated heterocycles. The third kappa shape index (κ3) is 2.25. The number of hydrogen-bond donors (Lipinski definition) is 1. The van der Waals surface area contributed by atoms with E-state index in [1.807, 2.05) is 13.0 Å². The highest BCUT2D eigenvalue weighted by atomic mass is 16.5. The Hall–Kier alpha value is -1.06. The minimum atomic E-state index is -0.452. The Kier molecular flexibility index (Phi) is 3.93. The van der Waals surface area contributed by atoms with E-state index >= 15 is 0 Å². The first-order chi connectivity index (χ1) is 8.58. The lowest BCUT2D eigenvalue weighted by atomic mass is 9.94. The molecule has 1 aromatic rings. The van der Waals surface area contributed by atoms with Crippen LogP contribution in [0.2, 0.25) is 0 Å². The molecule has 18 heavy (non-hydrogen) atoms. The molecule has 1 N–H and O–H groups in total. The summed E-state index contributed by atoms with van der Waals surface area (Å²) in [6.07, 6.45) is -0.452. The van der Waals surface area contributed by atoms with E-state index in [0.29, 0.717) is 6.61 Å². The Morgan fingerprint density at radius 1 is 1.28 bits per heavy atom. The van der Waals surface area contributed by atoms with Gasteiger partial charge in [-0.15, -0.1) is 0 Å². The minimum absolute atomic E-state index is 0.0636. The summed E-state index contributed by atoms with van der Waals surface area (Å²) < 4.78 is 5.88. The summed E-state index contributed by atoms with van der Waals surface area (Å²) in [6, 6.07) is 4.21. The standard InChI is InChI=1S/C15H23NO2/c1-5-16(6-2)13-9-18-15-11(4)7-10(3)8-12(15)14(13)17/h7-8,13-14,17H,5-6,9H2,1-4H3. The molecule has 2 rings (SSSR count). The average molecular weight is 249 g/mol. The van der Waals surface area contributed by atoms with Gasteiger partial charge in [-0.25, -0.2) is 0 Å². The first kappa shape index (κ1) is 13.4. The molecule has 1 aliphatic rings. The molecule has 0 aliphatic carbocycles. The van der Waals surface area contributed by atoms with Gasteiger partial charge in [0, 0.05) is 5.56 Å². The van der Waals surface area contributed by atoms with Crippen LogP contribution in [-0.4, -0.2) is 35.7 Å². The van der Waals surface area contributed by atoms with Crippen molar-refractivity contribution in [3.05, 3.63) is 28.8 Å². The maximum Gasteiger partial charge on any atom is 0.128 e. The van der Waals surface area contributed by atoms with E-state index in [2.05, 4.69) is 31.7 Å². The zero-order valence-corrected chi connectivity index (χ0v) is 11.7. The van der Waals surface area contributed by atoms with Crippen LogP contribution in [-0.2, 0) is 0 Å². The summed E-state index contributed by atoms with van der Waals surface area (Å²) in [5, 5.41) is 10.6. The van der Waals surface area contributed by atoms with Crippen LogP contribution < -0.4 is 4.74 Å². The van der Waals surface area contributed by atoms with Crippen LogP contribution in [0, 0.1) is 13.8 Å². The molecule has 1 aliphatic heterocycles. The number of rotatable bonds is 3. The van der Waals surface area contributed by atoms with Gasteiger partial charge in [-0.05, 0) is 38.6 Å². The highest BCUT2D eigenvalue weighted by molar-refractivity contribution is 5.46. The molecule has 0 spiro atoms. The molecular formula is C15H23NO2. The maximum atomic E-state index is 10.6. The van der Waals surface area contributed by atoms with E-state index in [-0.39, 0.29) is 6.04 Å². The lowest BCUT2D eigenvalue weighted by Crippen LogP contribution is -2.45. The molecule has 2 unspecified atom stereocenters. The van der Waals surface area contributed by atoms with Gasteiger partial charge in [0.1, 0.15) is 18.5 Å². The normalized spacial score (nSPS) is 22.8. The quantitative estimate of drug-likeness (QED) is 0.893. The molecule has 3 heteroatoms. The van der Waals surface area contributed by atoms with Gasteiger partial charge in [0.25, 0.3) is 0 Å². The Balaban J connectivity index is 2.35. The van der Waals surface area contributed by atoms with Gasteiger partial charge in [0.05, 0.1) is 6.04 Å². The van der Waals surface area contributed by atoms with Gasteiger partial charge < -0.3 is 9.84 Å². The number of ether oxygens (including phenoxy) is 1. The summed E-state index contributed by atoms with van der Waals surface area (Å²) in [5.74, 6) is 0.872. The van der Waals surface area contributed by atoms with Crippen LogP contribution in [0.3, 0.4) is 0 Å². The summed E-state index contributed by atoms with van der Waals surface area (Å²) >= 11 is 0. The number of aliphatic hydroxyl groups is 1. The predicted octanol–water partition coefficient (Wildman–Crippen LogP) is 2.44. The smallest absolute Gasteiger partial charge is 0.128 e. The van der Waals surface area contributed by atoms with Crippen LogP contribution in [0.15, 0.2) is 12.1 Å². The van der Waals surface area contributed by atoms with E-state index in [0.717, 1.165) is 30.0 Å². The van der Waals surface area contributed by atoms with E-state index in [9.17, 15) is 5.11 Å². The summed E-state index contributed by atoms with van der Waals surface area (Å²) in [6.45, 7) is 10.8. The molecule has 0 bridgehead atoms. The maximum absolute atomic E-state index is 10.6. The van der Waals surface area contributed by atoms with Crippen LogP contribution in [0.25, 0.3) is 0 Å². The first-order valence-corrected chi connectivity index (χ1v) is 6.74. The fourth-order valence-corrected chi connectivity index (χ4v) is 2.87. The van der Waals surface area contributed by atoms with Crippen molar-refractivity contribution in [2.45, 2.75) is 39.8 Å². The van der Waals surface area contributed by atoms with Gasteiger partial charge in [-0.1, -0.05) is 25.5 Å². The average Bonchev–Trinajstić information content (AvgIpc) is 2.34. The van der Waals surface area contributed by atoms with Crippen molar-refractivity contribution in [1.29, 1.82) is 0 Å². The third-order valence-electron chi connectivity index (χ3n) is 3.81. The number of aryl methyl sites for hydroxylation is 2. The number of likely N-dealkylation sites (N-methyl/N-ethyl adjacent to an activating group) is 1. The van der Waals surface area contributed by atoms with Crippen molar-refractivity contribution in [3.8, 4) is 5.75 Å². The van der Waals surface area contributed by atoms with E-state index < -0.39 is 6.10 Å². The van der Waals surface area contributed by atoms with Crippen molar-refractivity contribution in [3.63, 3.8) is 0 Å². The summed E-state index contributed by atoms with van der Waals surface area (Å²) in [7, 11) is 0. The fourth-order valence-electron chi connectivity index (χ4n) is 2.87. The fraction of sp³-hybridized carbons (Fsp3) is 0.600. The lowest BCUT2D eigenvalue weighted by molar-refractivity contribution is 0.00753. The number of benzene rings is 1. The minimum Gasteiger partial charge on any atom is -0.491 e. The van der Waals surface area contributed by atoms with Crippen LogP contribution in [0.5, 0.6) is 5.75 Å². The topological polar surface area (TPSA) is 32.7 Å². The van der Waals surface area contributed by atoms with Gasteiger partial charge in [-0.3, -0.25) is 4.90 Å². The van der Waals surface area contributed by atoms with Gasteiger partial charge >= 0.3 is 0 Å². The van der Waals surface area contributed by atoms with Crippen molar-refractivity contribution < 1.29 is 9.84 Å². The largest absolute Gasteiger partial charge is 0.491 e. The molecule has 1 aromatic carbocycles. The van der Waals surface area contributed by atoms with Gasteiger partial charge in [0.2, 0.25) is 0 Å². The Morgan fingerprint density at radius 3 is 2.56 bits per heavy atom. The van der Waals surface area contributed by atoms with E-state index in [1.54, 1.807) is 0 Å². The Labute approximate surface area is 109 Å². The zero-order chi connectivity index (χ0) is 13.3. The molecule has 0 radical (unpaired) electrons. The van der Waals surface area contributed by atoms with Crippen LogP contribution >= 0.6 is 0 Å². The molecule has 0 fully saturated rings. The molecule has 0 aromatic heterocycles. The molecule has 2 atom stereocenters. The number of hydrogen-bond acceptors (Lipinski definition) is 3. The number of nitrogens with zero attached hydrogens (tertiary/aromatic N) is 1. The van der Waals surface area contributed by atoms with Gasteiger partial charge in [-0.2, -0.15) is 0 Å². The predicted molar refractivity (Wildman–Crippen MR) is 73.1 cm³/mol. The van der Waals surface area contributed by atoms with E-state index in [1.165, 1.54) is 5.56 Å². The first-order valence-electron chi connectivity index (χ1n) is 6.74. The monoisotopic (exact) mass is 249 g/mol. The van der Waals surface area contributed by atoms with Crippen molar-refractivity contribution in [2.24, 2.45) is 0 Å². The summed E-state index contributed by atoms with van der Waals surface area (Å²) in [5.41, 5.74) is 3.23.